The van der Waals surface area contributed by atoms with Gasteiger partial charge in [-0.3, -0.25) is 0 Å². The van der Waals surface area contributed by atoms with Gasteiger partial charge < -0.3 is 8.80 Å². The third-order valence-electron chi connectivity index (χ3n) is 15.9. The van der Waals surface area contributed by atoms with Crippen LogP contribution in [0.2, 0.25) is 76.6 Å². The van der Waals surface area contributed by atoms with Crippen molar-refractivity contribution in [3.63, 3.8) is 0 Å². The van der Waals surface area contributed by atoms with Gasteiger partial charge in [0.15, 0.2) is 0 Å². The van der Waals surface area contributed by atoms with Gasteiger partial charge in [0.25, 0.3) is 0 Å². The summed E-state index contributed by atoms with van der Waals surface area (Å²) in [6.07, 6.45) is 0. The van der Waals surface area contributed by atoms with Crippen LogP contribution in [-0.2, 0) is 10.8 Å². The SMILES string of the molecule is CC(C)(C)c1cc2c3cc4c(cc3n3c5cc(C#N)c6c(c5c(c1)c23)[Si](C)(C)CC[Si]6(C)C)c1cc(C(C)(C)C)cc2c3c5c(c(C#N)cc3n4c12)[Si](C)(C)CC[Si]5(C)C. The molecule has 11 rings (SSSR count). The Bertz CT molecular complexity index is 3290. The summed E-state index contributed by atoms with van der Waals surface area (Å²) in [5, 5.41) is 38.7. The second-order valence-electron chi connectivity index (χ2n) is 23.8. The quantitative estimate of drug-likeness (QED) is 0.143. The van der Waals surface area contributed by atoms with Crippen LogP contribution in [0.25, 0.3) is 76.2 Å². The molecule has 4 aromatic heterocycles. The average molecular weight is 851 g/mol. The van der Waals surface area contributed by atoms with Crippen molar-refractivity contribution in [2.45, 2.75) is 129 Å². The molecule has 0 N–H and O–H groups in total. The second-order valence-corrected chi connectivity index (χ2v) is 42.9. The fourth-order valence-electron chi connectivity index (χ4n) is 12.4. The van der Waals surface area contributed by atoms with Gasteiger partial charge in [0, 0.05) is 43.1 Å². The van der Waals surface area contributed by atoms with Gasteiger partial charge in [0.1, 0.15) is 0 Å². The number of hydrogen-bond acceptors (Lipinski definition) is 2. The molecule has 0 unspecified atom stereocenters. The number of fused-ring (bicyclic) bond motifs is 16. The number of aromatic nitrogens is 2. The first-order valence-electron chi connectivity index (χ1n) is 22.3. The van der Waals surface area contributed by atoms with Crippen molar-refractivity contribution in [3.8, 4) is 12.1 Å². The highest BCUT2D eigenvalue weighted by Crippen LogP contribution is 2.48. The van der Waals surface area contributed by atoms with Crippen LogP contribution in [0.4, 0.5) is 0 Å². The van der Waals surface area contributed by atoms with Crippen molar-refractivity contribution in [1.82, 2.24) is 8.80 Å². The molecule has 2 aliphatic heterocycles. The molecule has 0 bridgehead atoms. The van der Waals surface area contributed by atoms with E-state index in [9.17, 15) is 10.5 Å². The van der Waals surface area contributed by atoms with Gasteiger partial charge in [-0.1, -0.05) is 118 Å². The Labute approximate surface area is 358 Å². The van der Waals surface area contributed by atoms with Gasteiger partial charge in [-0.2, -0.15) is 10.5 Å². The number of rotatable bonds is 0. The first kappa shape index (κ1) is 38.5. The zero-order valence-corrected chi connectivity index (χ0v) is 42.2. The molecule has 0 saturated carbocycles. The van der Waals surface area contributed by atoms with E-state index in [0.717, 1.165) is 11.1 Å². The molecule has 0 aliphatic carbocycles. The zero-order chi connectivity index (χ0) is 42.8. The summed E-state index contributed by atoms with van der Waals surface area (Å²) in [6.45, 7) is 34.4. The van der Waals surface area contributed by atoms with Crippen LogP contribution in [0.15, 0.2) is 48.5 Å². The Morgan fingerprint density at radius 2 is 0.733 bits per heavy atom. The van der Waals surface area contributed by atoms with E-state index in [0.29, 0.717) is 0 Å². The molecule has 0 saturated heterocycles. The van der Waals surface area contributed by atoms with Crippen molar-refractivity contribution in [2.24, 2.45) is 0 Å². The Balaban J connectivity index is 1.40. The van der Waals surface area contributed by atoms with E-state index < -0.39 is 32.3 Å². The maximum Gasteiger partial charge on any atom is 0.0991 e. The van der Waals surface area contributed by atoms with Crippen molar-refractivity contribution >= 4 is 129 Å². The van der Waals surface area contributed by atoms with Crippen LogP contribution in [-0.4, -0.2) is 41.1 Å². The first-order chi connectivity index (χ1) is 27.9. The third-order valence-corrected chi connectivity index (χ3v) is 30.9. The molecular weight excluding hydrogens is 793 g/mol. The van der Waals surface area contributed by atoms with Crippen LogP contribution in [0.5, 0.6) is 0 Å². The van der Waals surface area contributed by atoms with Crippen molar-refractivity contribution < 1.29 is 0 Å². The van der Waals surface area contributed by atoms with E-state index in [1.54, 1.807) is 10.4 Å². The van der Waals surface area contributed by atoms with E-state index >= 15 is 0 Å². The standard InChI is InChI=1S/C52H58N4Si4/c1-51(2,3)31-21-35-33-25-40-34(26-39(33)55-41-19-29(27-53)47-49(43(41)37(23-31)45(35)55)59(11,12)17-15-57(47,7)8)36-22-32(52(4,5)6)24-38-44-42(56(40)46(36)38)20-30(28-54)48-50(44)60(13,14)18-16-58(48,9)10/h19-26H,15-18H2,1-14H3. The van der Waals surface area contributed by atoms with E-state index in [1.165, 1.54) is 122 Å². The summed E-state index contributed by atoms with van der Waals surface area (Å²) in [5.41, 5.74) is 11.9. The van der Waals surface area contributed by atoms with Gasteiger partial charge >= 0.3 is 0 Å². The molecule has 9 aromatic rings. The predicted octanol–water partition coefficient (Wildman–Crippen LogP) is 12.0. The van der Waals surface area contributed by atoms with Crippen LogP contribution < -0.4 is 20.7 Å². The van der Waals surface area contributed by atoms with Crippen LogP contribution in [0.1, 0.15) is 63.8 Å². The molecule has 302 valence electrons. The van der Waals surface area contributed by atoms with Crippen LogP contribution >= 0.6 is 0 Å². The molecule has 0 atom stereocenters. The summed E-state index contributed by atoms with van der Waals surface area (Å²) in [6, 6.07) is 30.3. The number of hydrogen-bond donors (Lipinski definition) is 0. The third kappa shape index (κ3) is 4.69. The van der Waals surface area contributed by atoms with Gasteiger partial charge in [0.2, 0.25) is 0 Å². The maximum atomic E-state index is 11.0. The number of nitriles is 2. The molecule has 4 nitrogen and oxygen atoms in total. The molecule has 0 amide bonds. The lowest BCUT2D eigenvalue weighted by Crippen LogP contribution is -2.64. The Hall–Kier alpha value is -4.45. The van der Waals surface area contributed by atoms with Gasteiger partial charge in [-0.05, 0) is 91.2 Å². The smallest absolute Gasteiger partial charge is 0.0991 e. The van der Waals surface area contributed by atoms with E-state index in [4.69, 9.17) is 0 Å². The molecule has 60 heavy (non-hydrogen) atoms. The molecule has 0 radical (unpaired) electrons. The highest BCUT2D eigenvalue weighted by atomic mass is 28.3. The maximum absolute atomic E-state index is 11.0. The minimum atomic E-state index is -1.89. The average Bonchev–Trinajstić information content (AvgIpc) is 3.88. The number of benzene rings is 5. The molecule has 6 heterocycles. The first-order valence-corrected chi connectivity index (χ1v) is 35.2. The van der Waals surface area contributed by atoms with E-state index in [-0.39, 0.29) is 10.8 Å². The van der Waals surface area contributed by atoms with Crippen molar-refractivity contribution in [2.75, 3.05) is 0 Å². The Morgan fingerprint density at radius 3 is 1.05 bits per heavy atom. The fraction of sp³-hybridized carbons (Fsp3) is 0.385. The molecule has 8 heteroatoms. The lowest BCUT2D eigenvalue weighted by molar-refractivity contribution is 0.591. The minimum Gasteiger partial charge on any atom is -0.308 e. The highest BCUT2D eigenvalue weighted by molar-refractivity contribution is 7.05. The fourth-order valence-corrected chi connectivity index (χ4v) is 34.3. The summed E-state index contributed by atoms with van der Waals surface area (Å²) in [5.74, 6) is 0. The summed E-state index contributed by atoms with van der Waals surface area (Å²) in [4.78, 5) is 0. The largest absolute Gasteiger partial charge is 0.308 e. The van der Waals surface area contributed by atoms with Gasteiger partial charge in [0.05, 0.1) is 88.7 Å². The highest BCUT2D eigenvalue weighted by Gasteiger charge is 2.45. The molecule has 2 aliphatic rings. The van der Waals surface area contributed by atoms with Gasteiger partial charge in [-0.25, -0.2) is 0 Å². The monoisotopic (exact) mass is 850 g/mol. The molecule has 0 fully saturated rings. The number of nitrogens with zero attached hydrogens (tertiary/aromatic N) is 4. The van der Waals surface area contributed by atoms with Crippen LogP contribution in [0.3, 0.4) is 0 Å². The summed E-state index contributed by atoms with van der Waals surface area (Å²) < 4.78 is 5.14. The normalized spacial score (nSPS) is 18.7. The lowest BCUT2D eigenvalue weighted by Gasteiger charge is -2.40. The summed E-state index contributed by atoms with van der Waals surface area (Å²) >= 11 is 0. The molecule has 0 spiro atoms. The summed E-state index contributed by atoms with van der Waals surface area (Å²) in [7, 11) is -7.45. The minimum absolute atomic E-state index is 0.0465. The Morgan fingerprint density at radius 1 is 0.417 bits per heavy atom. The van der Waals surface area contributed by atoms with Crippen molar-refractivity contribution in [3.05, 3.63) is 70.8 Å². The van der Waals surface area contributed by atoms with E-state index in [1.807, 2.05) is 0 Å². The second kappa shape index (κ2) is 11.3. The lowest BCUT2D eigenvalue weighted by atomic mass is 9.85. The van der Waals surface area contributed by atoms with Crippen LogP contribution in [0, 0.1) is 22.7 Å². The van der Waals surface area contributed by atoms with Gasteiger partial charge in [-0.15, -0.1) is 0 Å². The molecular formula is C52H58N4Si4. The van der Waals surface area contributed by atoms with E-state index in [2.05, 4.69) is 163 Å². The topological polar surface area (TPSA) is 56.4 Å². The Kier molecular flexibility index (Phi) is 7.26. The predicted molar refractivity (Wildman–Crippen MR) is 270 cm³/mol. The zero-order valence-electron chi connectivity index (χ0n) is 38.2. The van der Waals surface area contributed by atoms with Crippen molar-refractivity contribution in [1.29, 1.82) is 10.5 Å². The molecule has 5 aromatic carbocycles.